The fraction of sp³-hybridized carbons (Fsp3) is 0.100. The highest BCUT2D eigenvalue weighted by molar-refractivity contribution is 6.01. The van der Waals surface area contributed by atoms with Gasteiger partial charge in [-0.25, -0.2) is 0 Å². The lowest BCUT2D eigenvalue weighted by atomic mass is 10.2. The summed E-state index contributed by atoms with van der Waals surface area (Å²) in [4.78, 5) is 12.1. The summed E-state index contributed by atoms with van der Waals surface area (Å²) in [5.41, 5.74) is 2.50. The van der Waals surface area contributed by atoms with Crippen molar-refractivity contribution in [1.82, 2.24) is 9.78 Å². The van der Waals surface area contributed by atoms with Crippen molar-refractivity contribution in [2.75, 3.05) is 12.4 Å². The van der Waals surface area contributed by atoms with Crippen molar-refractivity contribution in [3.05, 3.63) is 78.1 Å². The van der Waals surface area contributed by atoms with Gasteiger partial charge in [0.05, 0.1) is 25.5 Å². The Labute approximate surface area is 151 Å². The topological polar surface area (TPSA) is 76.4 Å². The first-order valence-corrected chi connectivity index (χ1v) is 8.06. The third kappa shape index (κ3) is 4.51. The molecule has 1 amide bonds. The highest BCUT2D eigenvalue weighted by Gasteiger charge is 2.04. The number of hydrogen-bond acceptors (Lipinski definition) is 4. The second kappa shape index (κ2) is 8.02. The third-order valence-electron chi connectivity index (χ3n) is 3.72. The number of amides is 1. The Morgan fingerprint density at radius 3 is 2.85 bits per heavy atom. The molecule has 1 aromatic heterocycles. The molecule has 0 aliphatic carbocycles. The van der Waals surface area contributed by atoms with Gasteiger partial charge in [-0.05, 0) is 29.3 Å². The number of aromatic nitrogens is 2. The molecule has 0 spiro atoms. The van der Waals surface area contributed by atoms with Crippen LogP contribution in [0.4, 0.5) is 5.69 Å². The summed E-state index contributed by atoms with van der Waals surface area (Å²) in [6.45, 7) is 0.639. The normalized spacial score (nSPS) is 10.8. The van der Waals surface area contributed by atoms with E-state index in [1.54, 1.807) is 35.3 Å². The van der Waals surface area contributed by atoms with E-state index in [2.05, 4.69) is 10.4 Å². The van der Waals surface area contributed by atoms with Crippen LogP contribution < -0.4 is 10.1 Å². The molecular formula is C20H19N3O3. The van der Waals surface area contributed by atoms with E-state index in [0.29, 0.717) is 18.0 Å². The number of phenolic OH excluding ortho intramolecular Hbond substituents is 1. The Balaban J connectivity index is 1.60. The minimum absolute atomic E-state index is 0.0555. The maximum absolute atomic E-state index is 12.1. The van der Waals surface area contributed by atoms with Gasteiger partial charge in [-0.15, -0.1) is 0 Å². The molecule has 0 saturated carbocycles. The number of hydrogen-bond donors (Lipinski definition) is 2. The summed E-state index contributed by atoms with van der Waals surface area (Å²) in [5, 5.41) is 16.6. The number of methoxy groups -OCH3 is 1. The van der Waals surface area contributed by atoms with Crippen LogP contribution in [0.3, 0.4) is 0 Å². The van der Waals surface area contributed by atoms with Gasteiger partial charge < -0.3 is 15.2 Å². The van der Waals surface area contributed by atoms with Crippen molar-refractivity contribution in [2.24, 2.45) is 0 Å². The molecule has 0 unspecified atom stereocenters. The monoisotopic (exact) mass is 349 g/mol. The lowest BCUT2D eigenvalue weighted by Gasteiger charge is -2.03. The van der Waals surface area contributed by atoms with Gasteiger partial charge in [-0.2, -0.15) is 5.10 Å². The van der Waals surface area contributed by atoms with Gasteiger partial charge in [-0.1, -0.05) is 36.4 Å². The van der Waals surface area contributed by atoms with Crippen LogP contribution in [0.15, 0.2) is 67.0 Å². The molecule has 132 valence electrons. The van der Waals surface area contributed by atoms with Crippen molar-refractivity contribution in [3.8, 4) is 11.5 Å². The molecule has 0 radical (unpaired) electrons. The number of nitrogens with zero attached hydrogens (tertiary/aromatic N) is 2. The maximum Gasteiger partial charge on any atom is 0.248 e. The van der Waals surface area contributed by atoms with E-state index in [1.165, 1.54) is 19.3 Å². The minimum atomic E-state index is -0.267. The minimum Gasteiger partial charge on any atom is -0.504 e. The van der Waals surface area contributed by atoms with Crippen LogP contribution in [-0.4, -0.2) is 27.9 Å². The van der Waals surface area contributed by atoms with Crippen LogP contribution in [0.1, 0.15) is 11.1 Å². The summed E-state index contributed by atoms with van der Waals surface area (Å²) < 4.78 is 6.81. The zero-order valence-electron chi connectivity index (χ0n) is 14.3. The number of nitrogens with one attached hydrogen (secondary N) is 1. The highest BCUT2D eigenvalue weighted by atomic mass is 16.5. The van der Waals surface area contributed by atoms with Gasteiger partial charge in [0, 0.05) is 12.3 Å². The fourth-order valence-electron chi connectivity index (χ4n) is 2.44. The Bertz CT molecular complexity index is 917. The summed E-state index contributed by atoms with van der Waals surface area (Å²) in [6, 6.07) is 14.8. The summed E-state index contributed by atoms with van der Waals surface area (Å²) in [5.74, 6) is 0.144. The van der Waals surface area contributed by atoms with Crippen LogP contribution in [0.2, 0.25) is 0 Å². The summed E-state index contributed by atoms with van der Waals surface area (Å²) in [7, 11) is 1.47. The van der Waals surface area contributed by atoms with Crippen LogP contribution in [0.5, 0.6) is 11.5 Å². The van der Waals surface area contributed by atoms with E-state index in [-0.39, 0.29) is 11.7 Å². The number of aromatic hydroxyl groups is 1. The first-order valence-electron chi connectivity index (χ1n) is 8.06. The second-order valence-corrected chi connectivity index (χ2v) is 5.67. The molecule has 26 heavy (non-hydrogen) atoms. The van der Waals surface area contributed by atoms with Crippen molar-refractivity contribution in [1.29, 1.82) is 0 Å². The summed E-state index contributed by atoms with van der Waals surface area (Å²) >= 11 is 0. The number of phenols is 1. The van der Waals surface area contributed by atoms with Crippen LogP contribution in [0, 0.1) is 0 Å². The molecule has 0 aliphatic heterocycles. The predicted octanol–water partition coefficient (Wildman–Crippen LogP) is 3.30. The molecular weight excluding hydrogens is 330 g/mol. The second-order valence-electron chi connectivity index (χ2n) is 5.67. The average Bonchev–Trinajstić information content (AvgIpc) is 3.08. The van der Waals surface area contributed by atoms with Gasteiger partial charge in [0.1, 0.15) is 0 Å². The van der Waals surface area contributed by atoms with Crippen molar-refractivity contribution in [2.45, 2.75) is 6.54 Å². The van der Waals surface area contributed by atoms with Crippen molar-refractivity contribution >= 4 is 17.7 Å². The smallest absolute Gasteiger partial charge is 0.248 e. The molecule has 2 aromatic carbocycles. The van der Waals surface area contributed by atoms with E-state index < -0.39 is 0 Å². The van der Waals surface area contributed by atoms with E-state index in [9.17, 15) is 9.90 Å². The first kappa shape index (κ1) is 17.3. The quantitative estimate of drug-likeness (QED) is 0.670. The van der Waals surface area contributed by atoms with E-state index in [1.807, 2.05) is 30.3 Å². The van der Waals surface area contributed by atoms with E-state index >= 15 is 0 Å². The van der Waals surface area contributed by atoms with Gasteiger partial charge in [-0.3, -0.25) is 9.48 Å². The molecule has 1 heterocycles. The largest absolute Gasteiger partial charge is 0.504 e. The SMILES string of the molecule is COc1cc(/C=C/C(=O)Nc2cnn(Cc3ccccc3)c2)ccc1O. The highest BCUT2D eigenvalue weighted by Crippen LogP contribution is 2.26. The molecule has 0 bridgehead atoms. The predicted molar refractivity (Wildman–Crippen MR) is 100 cm³/mol. The average molecular weight is 349 g/mol. The van der Waals surface area contributed by atoms with Crippen molar-refractivity contribution < 1.29 is 14.6 Å². The lowest BCUT2D eigenvalue weighted by Crippen LogP contribution is -2.07. The van der Waals surface area contributed by atoms with Crippen molar-refractivity contribution in [3.63, 3.8) is 0 Å². The molecule has 2 N–H and O–H groups in total. The van der Waals surface area contributed by atoms with Gasteiger partial charge in [0.15, 0.2) is 11.5 Å². The number of benzene rings is 2. The van der Waals surface area contributed by atoms with E-state index in [0.717, 1.165) is 11.1 Å². The Morgan fingerprint density at radius 1 is 1.27 bits per heavy atom. The molecule has 0 fully saturated rings. The zero-order valence-corrected chi connectivity index (χ0v) is 14.3. The van der Waals surface area contributed by atoms with Gasteiger partial charge >= 0.3 is 0 Å². The molecule has 3 rings (SSSR count). The fourth-order valence-corrected chi connectivity index (χ4v) is 2.44. The number of rotatable bonds is 6. The van der Waals surface area contributed by atoms with Crippen LogP contribution in [0.25, 0.3) is 6.08 Å². The Morgan fingerprint density at radius 2 is 2.08 bits per heavy atom. The lowest BCUT2D eigenvalue weighted by molar-refractivity contribution is -0.111. The molecule has 6 nitrogen and oxygen atoms in total. The molecule has 0 aliphatic rings. The Hall–Kier alpha value is -3.54. The van der Waals surface area contributed by atoms with Crippen LogP contribution >= 0.6 is 0 Å². The zero-order chi connectivity index (χ0) is 18.4. The van der Waals surface area contributed by atoms with E-state index in [4.69, 9.17) is 4.74 Å². The Kier molecular flexibility index (Phi) is 5.34. The molecule has 3 aromatic rings. The number of carbonyl (C=O) groups is 1. The standard InChI is InChI=1S/C20H19N3O3/c1-26-19-11-15(7-9-18(19)24)8-10-20(25)22-17-12-21-23(14-17)13-16-5-3-2-4-6-16/h2-12,14,24H,13H2,1H3,(H,22,25)/b10-8+. The summed E-state index contributed by atoms with van der Waals surface area (Å²) in [6.07, 6.45) is 6.45. The number of carbonyl (C=O) groups excluding carboxylic acids is 1. The molecule has 6 heteroatoms. The molecule has 0 atom stereocenters. The number of ether oxygens (including phenoxy) is 1. The van der Waals surface area contributed by atoms with Gasteiger partial charge in [0.2, 0.25) is 5.91 Å². The number of anilines is 1. The molecule has 0 saturated heterocycles. The van der Waals surface area contributed by atoms with Gasteiger partial charge in [0.25, 0.3) is 0 Å². The first-order chi connectivity index (χ1) is 12.6. The maximum atomic E-state index is 12.1. The van der Waals surface area contributed by atoms with Crippen LogP contribution in [-0.2, 0) is 11.3 Å². The third-order valence-corrected chi connectivity index (χ3v) is 3.72.